The first-order valence-electron chi connectivity index (χ1n) is 8.99. The third-order valence-electron chi connectivity index (χ3n) is 4.49. The van der Waals surface area contributed by atoms with E-state index in [0.29, 0.717) is 37.6 Å². The zero-order valence-electron chi connectivity index (χ0n) is 16.0. The minimum absolute atomic E-state index is 0.0651. The number of nitrogens with zero attached hydrogens (tertiary/aromatic N) is 2. The maximum Gasteiger partial charge on any atom is 0.271 e. The first-order valence-corrected chi connectivity index (χ1v) is 10.6. The molecule has 11 heteroatoms. The lowest BCUT2D eigenvalue weighted by Crippen LogP contribution is -2.35. The smallest absolute Gasteiger partial charge is 0.271 e. The van der Waals surface area contributed by atoms with Crippen molar-refractivity contribution < 1.29 is 9.90 Å². The van der Waals surface area contributed by atoms with Gasteiger partial charge in [0.05, 0.1) is 26.2 Å². The Bertz CT molecular complexity index is 1210. The van der Waals surface area contributed by atoms with E-state index >= 15 is 0 Å². The molecule has 0 spiro atoms. The van der Waals surface area contributed by atoms with Crippen molar-refractivity contribution in [3.63, 3.8) is 0 Å². The molecule has 1 aliphatic rings. The number of amidine groups is 1. The molecule has 0 aliphatic carbocycles. The molecule has 1 aromatic heterocycles. The predicted octanol–water partition coefficient (Wildman–Crippen LogP) is 3.86. The van der Waals surface area contributed by atoms with Crippen molar-refractivity contribution in [2.45, 2.75) is 6.92 Å². The lowest BCUT2D eigenvalue weighted by Gasteiger charge is -2.05. The molecule has 0 saturated heterocycles. The summed E-state index contributed by atoms with van der Waals surface area (Å²) in [4.78, 5) is 13.1. The monoisotopic (exact) mass is 474 g/mol. The Balaban J connectivity index is 1.47. The second kappa shape index (κ2) is 8.94. The van der Waals surface area contributed by atoms with Gasteiger partial charge in [0.25, 0.3) is 5.91 Å². The Morgan fingerprint density at radius 1 is 1.13 bits per heavy atom. The van der Waals surface area contributed by atoms with Crippen molar-refractivity contribution in [1.29, 1.82) is 0 Å². The van der Waals surface area contributed by atoms with Crippen LogP contribution in [0, 0.1) is 0 Å². The summed E-state index contributed by atoms with van der Waals surface area (Å²) in [5.74, 6) is 0.310. The average molecular weight is 475 g/mol. The molecule has 0 atom stereocenters. The van der Waals surface area contributed by atoms with Crippen LogP contribution in [-0.2, 0) is 0 Å². The largest absolute Gasteiger partial charge is 0.506 e. The molecule has 158 valence electrons. The van der Waals surface area contributed by atoms with Crippen molar-refractivity contribution in [1.82, 2.24) is 21.9 Å². The van der Waals surface area contributed by atoms with Crippen LogP contribution in [0.25, 0.3) is 10.4 Å². The van der Waals surface area contributed by atoms with E-state index in [1.165, 1.54) is 11.3 Å². The minimum atomic E-state index is -0.372. The third-order valence-corrected chi connectivity index (χ3v) is 6.24. The van der Waals surface area contributed by atoms with Crippen molar-refractivity contribution in [2.24, 2.45) is 10.2 Å². The van der Waals surface area contributed by atoms with Gasteiger partial charge in [-0.2, -0.15) is 5.10 Å². The SMILES string of the molecule is CC(=NNC(=O)c1ccc(C2=NNNN2)cc1)c1csc(-c2ccc(Cl)c(Cl)c2)c1O. The highest BCUT2D eigenvalue weighted by atomic mass is 35.5. The van der Waals surface area contributed by atoms with E-state index in [-0.39, 0.29) is 11.7 Å². The van der Waals surface area contributed by atoms with Gasteiger partial charge in [-0.3, -0.25) is 10.2 Å². The zero-order chi connectivity index (χ0) is 22.0. The number of nitrogens with one attached hydrogen (secondary N) is 4. The van der Waals surface area contributed by atoms with Gasteiger partial charge in [-0.15, -0.1) is 22.0 Å². The van der Waals surface area contributed by atoms with E-state index in [2.05, 4.69) is 32.1 Å². The summed E-state index contributed by atoms with van der Waals surface area (Å²) in [7, 11) is 0. The van der Waals surface area contributed by atoms with E-state index in [1.807, 2.05) is 0 Å². The summed E-state index contributed by atoms with van der Waals surface area (Å²) in [6, 6.07) is 12.0. The first kappa shape index (κ1) is 21.1. The molecule has 8 nitrogen and oxygen atoms in total. The summed E-state index contributed by atoms with van der Waals surface area (Å²) in [5.41, 5.74) is 13.5. The number of hydrazone groups is 2. The van der Waals surface area contributed by atoms with Gasteiger partial charge in [0.1, 0.15) is 5.75 Å². The molecule has 3 aromatic rings. The number of carbonyl (C=O) groups excluding carboxylic acids is 1. The lowest BCUT2D eigenvalue weighted by molar-refractivity contribution is 0.0955. The van der Waals surface area contributed by atoms with Crippen molar-refractivity contribution in [3.05, 3.63) is 74.6 Å². The molecule has 2 aromatic carbocycles. The van der Waals surface area contributed by atoms with Gasteiger partial charge in [0.2, 0.25) is 0 Å². The van der Waals surface area contributed by atoms with Gasteiger partial charge in [0.15, 0.2) is 5.84 Å². The van der Waals surface area contributed by atoms with Crippen LogP contribution in [0.2, 0.25) is 10.0 Å². The number of hydrogen-bond acceptors (Lipinski definition) is 8. The molecular weight excluding hydrogens is 459 g/mol. The van der Waals surface area contributed by atoms with Crippen molar-refractivity contribution in [2.75, 3.05) is 0 Å². The van der Waals surface area contributed by atoms with E-state index in [1.54, 1.807) is 54.8 Å². The van der Waals surface area contributed by atoms with Crippen LogP contribution < -0.4 is 21.9 Å². The number of benzene rings is 2. The second-order valence-corrected chi connectivity index (χ2v) is 8.19. The van der Waals surface area contributed by atoms with Crippen LogP contribution in [-0.4, -0.2) is 22.6 Å². The Morgan fingerprint density at radius 3 is 2.55 bits per heavy atom. The van der Waals surface area contributed by atoms with Crippen molar-refractivity contribution in [3.8, 4) is 16.2 Å². The van der Waals surface area contributed by atoms with Crippen LogP contribution in [0.15, 0.2) is 58.0 Å². The molecular formula is C20H16Cl2N6O2S. The number of aromatic hydroxyl groups is 1. The number of rotatable bonds is 5. The summed E-state index contributed by atoms with van der Waals surface area (Å²) in [5, 5.41) is 21.4. The van der Waals surface area contributed by atoms with Gasteiger partial charge in [-0.25, -0.2) is 11.0 Å². The molecule has 31 heavy (non-hydrogen) atoms. The highest BCUT2D eigenvalue weighted by Crippen LogP contribution is 2.40. The molecule has 2 heterocycles. The summed E-state index contributed by atoms with van der Waals surface area (Å²) < 4.78 is 0. The predicted molar refractivity (Wildman–Crippen MR) is 124 cm³/mol. The molecule has 0 unspecified atom stereocenters. The fraction of sp³-hybridized carbons (Fsp3) is 0.0500. The standard InChI is InChI=1S/C20H16Cl2N6O2S/c1-10(14-9-31-18(17(14)29)13-6-7-15(21)16(22)8-13)23-26-20(30)12-4-2-11(3-5-12)19-24-27-28-25-19/h2-9,27-29H,1H3,(H,24,25)(H,26,30). The van der Waals surface area contributed by atoms with Gasteiger partial charge in [-0.1, -0.05) is 41.4 Å². The maximum atomic E-state index is 12.4. The second-order valence-electron chi connectivity index (χ2n) is 6.49. The number of halogens is 2. The fourth-order valence-corrected chi connectivity index (χ4v) is 4.13. The van der Waals surface area contributed by atoms with E-state index in [9.17, 15) is 9.90 Å². The van der Waals surface area contributed by atoms with E-state index in [0.717, 1.165) is 11.1 Å². The van der Waals surface area contributed by atoms with Gasteiger partial charge in [0, 0.05) is 16.5 Å². The molecule has 4 rings (SSSR count). The third kappa shape index (κ3) is 4.49. The summed E-state index contributed by atoms with van der Waals surface area (Å²) in [6.07, 6.45) is 0. The van der Waals surface area contributed by atoms with Gasteiger partial charge >= 0.3 is 0 Å². The fourth-order valence-electron chi connectivity index (χ4n) is 2.83. The first-order chi connectivity index (χ1) is 14.9. The number of amides is 1. The van der Waals surface area contributed by atoms with E-state index in [4.69, 9.17) is 23.2 Å². The van der Waals surface area contributed by atoms with Crippen LogP contribution in [0.1, 0.15) is 28.4 Å². The highest BCUT2D eigenvalue weighted by molar-refractivity contribution is 7.14. The van der Waals surface area contributed by atoms with E-state index < -0.39 is 0 Å². The topological polar surface area (TPSA) is 110 Å². The molecule has 1 amide bonds. The molecule has 0 radical (unpaired) electrons. The molecule has 1 aliphatic heterocycles. The maximum absolute atomic E-state index is 12.4. The molecule has 0 bridgehead atoms. The van der Waals surface area contributed by atoms with Crippen LogP contribution >= 0.6 is 34.5 Å². The Hall–Kier alpha value is -3.11. The van der Waals surface area contributed by atoms with Crippen LogP contribution in [0.4, 0.5) is 0 Å². The van der Waals surface area contributed by atoms with Gasteiger partial charge in [-0.05, 0) is 36.8 Å². The lowest BCUT2D eigenvalue weighted by atomic mass is 10.1. The number of hydrogen-bond donors (Lipinski definition) is 5. The molecule has 0 fully saturated rings. The summed E-state index contributed by atoms with van der Waals surface area (Å²) in [6.45, 7) is 1.70. The Morgan fingerprint density at radius 2 is 1.87 bits per heavy atom. The molecule has 0 saturated carbocycles. The normalized spacial score (nSPS) is 13.4. The van der Waals surface area contributed by atoms with Crippen LogP contribution in [0.3, 0.4) is 0 Å². The van der Waals surface area contributed by atoms with Gasteiger partial charge < -0.3 is 5.11 Å². The van der Waals surface area contributed by atoms with Crippen LogP contribution in [0.5, 0.6) is 5.75 Å². The Labute approximate surface area is 191 Å². The number of hydrazine groups is 2. The summed E-state index contributed by atoms with van der Waals surface area (Å²) >= 11 is 13.4. The molecule has 5 N–H and O–H groups in total. The highest BCUT2D eigenvalue weighted by Gasteiger charge is 2.16. The quantitative estimate of drug-likeness (QED) is 0.285. The van der Waals surface area contributed by atoms with Crippen molar-refractivity contribution >= 4 is 52.0 Å². The Kier molecular flexibility index (Phi) is 6.10. The number of carbonyl (C=O) groups is 1. The minimum Gasteiger partial charge on any atom is -0.506 e. The zero-order valence-corrected chi connectivity index (χ0v) is 18.4. The number of thiophene rings is 1. The average Bonchev–Trinajstić information content (AvgIpc) is 3.44.